The van der Waals surface area contributed by atoms with Crippen LogP contribution < -0.4 is 0 Å². The van der Waals surface area contributed by atoms with E-state index in [1.54, 1.807) is 0 Å². The van der Waals surface area contributed by atoms with Crippen molar-refractivity contribution in [1.82, 2.24) is 0 Å². The van der Waals surface area contributed by atoms with E-state index < -0.39 is 99.3 Å². The van der Waals surface area contributed by atoms with Crippen LogP contribution in [0.25, 0.3) is 0 Å². The normalized spacial score (nSPS) is 26.0. The number of ether oxygens (including phenoxy) is 6. The zero-order valence-electron chi connectivity index (χ0n) is 42.0. The van der Waals surface area contributed by atoms with Crippen molar-refractivity contribution in [3.63, 3.8) is 0 Å². The molecule has 2 rings (SSSR count). The van der Waals surface area contributed by atoms with Crippen molar-refractivity contribution in [1.29, 1.82) is 0 Å². The molecule has 0 bridgehead atoms. The second-order valence-electron chi connectivity index (χ2n) is 18.4. The van der Waals surface area contributed by atoms with Crippen LogP contribution in [0, 0.1) is 0 Å². The number of aliphatic hydroxyl groups is 7. The fourth-order valence-corrected chi connectivity index (χ4v) is 7.97. The van der Waals surface area contributed by atoms with Crippen molar-refractivity contribution in [3.8, 4) is 0 Å². The Kier molecular flexibility index (Phi) is 36.8. The number of hydrogen-bond donors (Lipinski definition) is 7. The summed E-state index contributed by atoms with van der Waals surface area (Å²) in [5.74, 6) is -0.955. The number of unbranched alkanes of at least 4 members (excludes halogenated alkanes) is 19. The molecule has 15 heteroatoms. The zero-order valence-corrected chi connectivity index (χ0v) is 42.0. The first-order chi connectivity index (χ1) is 33.5. The summed E-state index contributed by atoms with van der Waals surface area (Å²) in [7, 11) is 0. The second-order valence-corrected chi connectivity index (χ2v) is 18.4. The van der Waals surface area contributed by atoms with Crippen molar-refractivity contribution in [2.45, 2.75) is 242 Å². The minimum absolute atomic E-state index is 0.139. The second kappa shape index (κ2) is 40.8. The molecule has 2 aliphatic rings. The highest BCUT2D eigenvalue weighted by molar-refractivity contribution is 5.70. The third kappa shape index (κ3) is 28.7. The third-order valence-electron chi connectivity index (χ3n) is 12.3. The number of esters is 2. The van der Waals surface area contributed by atoms with Crippen LogP contribution in [-0.4, -0.2) is 142 Å². The predicted molar refractivity (Wildman–Crippen MR) is 266 cm³/mol. The molecule has 15 nitrogen and oxygen atoms in total. The molecule has 2 saturated heterocycles. The molecule has 11 atom stereocenters. The zero-order chi connectivity index (χ0) is 50.3. The Bertz CT molecular complexity index is 1430. The fourth-order valence-electron chi connectivity index (χ4n) is 7.97. The van der Waals surface area contributed by atoms with Gasteiger partial charge in [0.05, 0.1) is 19.8 Å². The van der Waals surface area contributed by atoms with Gasteiger partial charge in [0.2, 0.25) is 0 Å². The van der Waals surface area contributed by atoms with E-state index in [2.05, 4.69) is 50.3 Å². The minimum Gasteiger partial charge on any atom is -0.462 e. The van der Waals surface area contributed by atoms with E-state index in [1.807, 2.05) is 24.3 Å². The standard InChI is InChI=1S/C54H92O15/c1-3-5-7-9-11-13-15-17-18-19-20-21-22-23-25-26-28-30-32-34-36-45(56)64-39-42(67-46(57)37-35-33-31-29-27-24-16-14-12-10-8-6-4-2)40-65-53-52(63)50(61)48(59)44(69-53)41-66-54-51(62)49(60)47(58)43(38-55)68-54/h6,8,10,12-18,42-44,47-55,58-63H,3-5,7,9,11,19-41H2,1-2H3/b8-6+,12-10+,15-13+,16-14+,18-17+/t42?,43-,44-,47+,48+,49?,50?,51?,52?,53-,54-/m1/s1. The lowest BCUT2D eigenvalue weighted by Gasteiger charge is -2.42. The third-order valence-corrected chi connectivity index (χ3v) is 12.3. The Morgan fingerprint density at radius 2 is 0.913 bits per heavy atom. The van der Waals surface area contributed by atoms with Crippen molar-refractivity contribution in [2.24, 2.45) is 0 Å². The minimum atomic E-state index is -1.77. The highest BCUT2D eigenvalue weighted by atomic mass is 16.7. The van der Waals surface area contributed by atoms with Crippen LogP contribution in [0.2, 0.25) is 0 Å². The maximum atomic E-state index is 13.0. The highest BCUT2D eigenvalue weighted by Crippen LogP contribution is 2.26. The summed E-state index contributed by atoms with van der Waals surface area (Å²) in [6.45, 7) is 2.41. The first kappa shape index (κ1) is 62.3. The number of rotatable bonds is 40. The number of carbonyl (C=O) groups excluding carboxylic acids is 2. The Balaban J connectivity index is 1.78. The average Bonchev–Trinajstić information content (AvgIpc) is 3.34. The molecule has 0 saturated carbocycles. The molecule has 0 aromatic carbocycles. The number of allylic oxidation sites excluding steroid dienone is 10. The molecular weight excluding hydrogens is 889 g/mol. The molecule has 2 fully saturated rings. The number of hydrogen-bond acceptors (Lipinski definition) is 15. The van der Waals surface area contributed by atoms with E-state index in [0.29, 0.717) is 12.8 Å². The van der Waals surface area contributed by atoms with Crippen LogP contribution in [0.15, 0.2) is 60.8 Å². The van der Waals surface area contributed by atoms with Crippen LogP contribution in [0.4, 0.5) is 0 Å². The molecule has 2 aliphatic heterocycles. The van der Waals surface area contributed by atoms with Gasteiger partial charge >= 0.3 is 11.9 Å². The van der Waals surface area contributed by atoms with E-state index in [0.717, 1.165) is 64.2 Å². The predicted octanol–water partition coefficient (Wildman–Crippen LogP) is 7.66. The van der Waals surface area contributed by atoms with Gasteiger partial charge in [-0.05, 0) is 57.8 Å². The molecule has 398 valence electrons. The van der Waals surface area contributed by atoms with Gasteiger partial charge in [0.15, 0.2) is 18.7 Å². The van der Waals surface area contributed by atoms with Crippen molar-refractivity contribution >= 4 is 11.9 Å². The lowest BCUT2D eigenvalue weighted by molar-refractivity contribution is -0.332. The fraction of sp³-hybridized carbons (Fsp3) is 0.778. The first-order valence-corrected chi connectivity index (χ1v) is 26.4. The molecule has 2 heterocycles. The monoisotopic (exact) mass is 981 g/mol. The quantitative estimate of drug-likeness (QED) is 0.0178. The number of carbonyl (C=O) groups is 2. The van der Waals surface area contributed by atoms with Crippen molar-refractivity contribution in [2.75, 3.05) is 26.4 Å². The van der Waals surface area contributed by atoms with Crippen LogP contribution in [0.3, 0.4) is 0 Å². The van der Waals surface area contributed by atoms with Gasteiger partial charge in [0.1, 0.15) is 55.4 Å². The SMILES string of the molecule is CC/C=C/C=C/C=C/CCCCCCCC(=O)OC(COC(=O)CCCCCCCCCCCC/C=C/C=C/CCCCCC)CO[C@@H]1O[C@H](CO[C@@H]2O[C@H](CO)[C@H](O)C(O)C2O)[C@H](O)C(O)C1O. The van der Waals surface area contributed by atoms with Crippen LogP contribution >= 0.6 is 0 Å². The van der Waals surface area contributed by atoms with E-state index >= 15 is 0 Å². The first-order valence-electron chi connectivity index (χ1n) is 26.4. The molecule has 5 unspecified atom stereocenters. The highest BCUT2D eigenvalue weighted by Gasteiger charge is 2.47. The summed E-state index contributed by atoms with van der Waals surface area (Å²) in [6.07, 6.45) is 29.6. The average molecular weight is 981 g/mol. The summed E-state index contributed by atoms with van der Waals surface area (Å²) < 4.78 is 33.6. The van der Waals surface area contributed by atoms with E-state index in [-0.39, 0.29) is 19.4 Å². The molecule has 0 amide bonds. The maximum absolute atomic E-state index is 13.0. The van der Waals surface area contributed by atoms with E-state index in [1.165, 1.54) is 70.6 Å². The molecule has 0 aliphatic carbocycles. The molecule has 0 radical (unpaired) electrons. The van der Waals surface area contributed by atoms with Crippen LogP contribution in [0.1, 0.15) is 174 Å². The summed E-state index contributed by atoms with van der Waals surface area (Å²) in [5.41, 5.74) is 0. The Hall–Kier alpha value is -2.80. The summed E-state index contributed by atoms with van der Waals surface area (Å²) >= 11 is 0. The number of aliphatic hydroxyl groups excluding tert-OH is 7. The summed E-state index contributed by atoms with van der Waals surface area (Å²) in [4.78, 5) is 25.8. The van der Waals surface area contributed by atoms with E-state index in [9.17, 15) is 45.3 Å². The van der Waals surface area contributed by atoms with Gasteiger partial charge in [0, 0.05) is 12.8 Å². The van der Waals surface area contributed by atoms with Crippen LogP contribution in [-0.2, 0) is 38.0 Å². The molecule has 69 heavy (non-hydrogen) atoms. The smallest absolute Gasteiger partial charge is 0.306 e. The Labute approximate surface area is 413 Å². The van der Waals surface area contributed by atoms with E-state index in [4.69, 9.17) is 28.4 Å². The van der Waals surface area contributed by atoms with Crippen LogP contribution in [0.5, 0.6) is 0 Å². The van der Waals surface area contributed by atoms with Gasteiger partial charge in [-0.3, -0.25) is 9.59 Å². The maximum Gasteiger partial charge on any atom is 0.306 e. The van der Waals surface area contributed by atoms with Gasteiger partial charge in [-0.15, -0.1) is 0 Å². The van der Waals surface area contributed by atoms with Crippen molar-refractivity contribution in [3.05, 3.63) is 60.8 Å². The Morgan fingerprint density at radius 1 is 0.478 bits per heavy atom. The largest absolute Gasteiger partial charge is 0.462 e. The molecule has 0 aromatic heterocycles. The summed E-state index contributed by atoms with van der Waals surface area (Å²) in [6, 6.07) is 0. The van der Waals surface area contributed by atoms with Gasteiger partial charge in [-0.2, -0.15) is 0 Å². The van der Waals surface area contributed by atoms with Crippen molar-refractivity contribution < 1.29 is 73.8 Å². The van der Waals surface area contributed by atoms with Gasteiger partial charge < -0.3 is 64.2 Å². The lowest BCUT2D eigenvalue weighted by Crippen LogP contribution is -2.61. The molecule has 7 N–H and O–H groups in total. The van der Waals surface area contributed by atoms with Gasteiger partial charge in [-0.25, -0.2) is 0 Å². The topological polar surface area (TPSA) is 231 Å². The van der Waals surface area contributed by atoms with Gasteiger partial charge in [0.25, 0.3) is 0 Å². The Morgan fingerprint density at radius 3 is 1.43 bits per heavy atom. The summed E-state index contributed by atoms with van der Waals surface area (Å²) in [5, 5.41) is 72.1. The molecule has 0 spiro atoms. The van der Waals surface area contributed by atoms with Gasteiger partial charge in [-0.1, -0.05) is 164 Å². The molecule has 0 aromatic rings. The molecular formula is C54H92O15. The lowest BCUT2D eigenvalue weighted by atomic mass is 9.98.